The Morgan fingerprint density at radius 1 is 1.24 bits per heavy atom. The number of halogens is 3. The van der Waals surface area contributed by atoms with Crippen molar-refractivity contribution >= 4 is 17.8 Å². The number of nitrogens with zero attached hydrogens (tertiary/aromatic N) is 3. The first-order valence-corrected chi connectivity index (χ1v) is 8.31. The average Bonchev–Trinajstić information content (AvgIpc) is 2.71. The second-order valence-electron chi connectivity index (χ2n) is 5.41. The van der Waals surface area contributed by atoms with E-state index in [2.05, 4.69) is 20.3 Å². The number of benzene rings is 1. The SMILES string of the molecule is CCOC(=O)C(N)=CC(=NC)Nc1ncc(OCc2c(F)ccc(F)c2F)cn1. The van der Waals surface area contributed by atoms with E-state index in [1.807, 2.05) is 0 Å². The van der Waals surface area contributed by atoms with Crippen LogP contribution in [0.25, 0.3) is 0 Å². The molecule has 0 aliphatic rings. The highest BCUT2D eigenvalue weighted by Gasteiger charge is 2.14. The fourth-order valence-electron chi connectivity index (χ4n) is 2.00. The molecule has 0 bridgehead atoms. The Morgan fingerprint density at radius 3 is 2.52 bits per heavy atom. The number of aliphatic imine (C=N–C) groups is 1. The van der Waals surface area contributed by atoms with E-state index in [1.54, 1.807) is 6.92 Å². The van der Waals surface area contributed by atoms with E-state index in [9.17, 15) is 18.0 Å². The van der Waals surface area contributed by atoms with Crippen molar-refractivity contribution in [3.8, 4) is 5.75 Å². The molecule has 0 aliphatic carbocycles. The van der Waals surface area contributed by atoms with E-state index in [0.717, 1.165) is 6.07 Å². The first-order chi connectivity index (χ1) is 13.8. The Balaban J connectivity index is 2.02. The van der Waals surface area contributed by atoms with Crippen LogP contribution in [0, 0.1) is 17.5 Å². The molecule has 8 nitrogen and oxygen atoms in total. The van der Waals surface area contributed by atoms with Gasteiger partial charge in [-0.05, 0) is 19.1 Å². The lowest BCUT2D eigenvalue weighted by Crippen LogP contribution is -2.19. The zero-order valence-corrected chi connectivity index (χ0v) is 15.6. The summed E-state index contributed by atoms with van der Waals surface area (Å²) in [5.41, 5.74) is 4.89. The van der Waals surface area contributed by atoms with Crippen molar-refractivity contribution in [1.82, 2.24) is 9.97 Å². The third-order valence-corrected chi connectivity index (χ3v) is 3.43. The van der Waals surface area contributed by atoms with Gasteiger partial charge in [-0.2, -0.15) is 0 Å². The number of nitrogens with one attached hydrogen (secondary N) is 1. The first kappa shape index (κ1) is 21.7. The summed E-state index contributed by atoms with van der Waals surface area (Å²) in [6.45, 7) is 1.27. The zero-order valence-electron chi connectivity index (χ0n) is 15.6. The largest absolute Gasteiger partial charge is 0.485 e. The maximum atomic E-state index is 13.6. The molecule has 0 unspecified atom stereocenters. The number of ether oxygens (including phenoxy) is 2. The smallest absolute Gasteiger partial charge is 0.354 e. The van der Waals surface area contributed by atoms with Gasteiger partial charge in [0.2, 0.25) is 5.95 Å². The lowest BCUT2D eigenvalue weighted by atomic mass is 10.2. The van der Waals surface area contributed by atoms with Gasteiger partial charge in [-0.15, -0.1) is 0 Å². The molecule has 0 saturated carbocycles. The lowest BCUT2D eigenvalue weighted by Gasteiger charge is -2.09. The Bertz CT molecular complexity index is 933. The number of hydrogen-bond donors (Lipinski definition) is 2. The lowest BCUT2D eigenvalue weighted by molar-refractivity contribution is -0.138. The molecule has 0 saturated heterocycles. The maximum absolute atomic E-state index is 13.6. The van der Waals surface area contributed by atoms with Gasteiger partial charge in [0.15, 0.2) is 17.4 Å². The number of anilines is 1. The standard InChI is InChI=1S/C18H18F3N5O3/c1-3-28-17(27)14(22)6-15(23-2)26-18-24-7-10(8-25-18)29-9-11-12(19)4-5-13(20)16(11)21/h4-8H,3,9,22H2,1-2H3,(H,23,24,25,26). The Morgan fingerprint density at radius 2 is 1.90 bits per heavy atom. The number of amidine groups is 1. The van der Waals surface area contributed by atoms with Gasteiger partial charge < -0.3 is 20.5 Å². The molecule has 0 atom stereocenters. The predicted molar refractivity (Wildman–Crippen MR) is 98.6 cm³/mol. The summed E-state index contributed by atoms with van der Waals surface area (Å²) in [4.78, 5) is 23.3. The van der Waals surface area contributed by atoms with E-state index in [0.29, 0.717) is 6.07 Å². The van der Waals surface area contributed by atoms with Crippen LogP contribution in [-0.4, -0.2) is 35.4 Å². The number of hydrogen-bond acceptors (Lipinski definition) is 7. The zero-order chi connectivity index (χ0) is 21.4. The van der Waals surface area contributed by atoms with Crippen LogP contribution in [0.15, 0.2) is 41.3 Å². The van der Waals surface area contributed by atoms with Crippen LogP contribution >= 0.6 is 0 Å². The van der Waals surface area contributed by atoms with Crippen molar-refractivity contribution in [2.45, 2.75) is 13.5 Å². The summed E-state index contributed by atoms with van der Waals surface area (Å²) >= 11 is 0. The summed E-state index contributed by atoms with van der Waals surface area (Å²) in [5, 5.41) is 2.72. The van der Waals surface area contributed by atoms with Crippen LogP contribution in [-0.2, 0) is 16.1 Å². The highest BCUT2D eigenvalue weighted by molar-refractivity contribution is 6.06. The average molecular weight is 409 g/mol. The van der Waals surface area contributed by atoms with Crippen LogP contribution < -0.4 is 15.8 Å². The molecule has 154 valence electrons. The van der Waals surface area contributed by atoms with Gasteiger partial charge in [-0.25, -0.2) is 27.9 Å². The normalized spacial score (nSPS) is 11.9. The number of aromatic nitrogens is 2. The highest BCUT2D eigenvalue weighted by Crippen LogP contribution is 2.18. The third kappa shape index (κ3) is 5.92. The van der Waals surface area contributed by atoms with Gasteiger partial charge in [0.05, 0.1) is 24.6 Å². The summed E-state index contributed by atoms with van der Waals surface area (Å²) in [6.07, 6.45) is 3.72. The van der Waals surface area contributed by atoms with Gasteiger partial charge in [0.25, 0.3) is 0 Å². The molecule has 0 aliphatic heterocycles. The summed E-state index contributed by atoms with van der Waals surface area (Å²) in [7, 11) is 1.46. The quantitative estimate of drug-likeness (QED) is 0.237. The first-order valence-electron chi connectivity index (χ1n) is 8.31. The fourth-order valence-corrected chi connectivity index (χ4v) is 2.00. The molecule has 1 aromatic heterocycles. The summed E-state index contributed by atoms with van der Waals surface area (Å²) in [5.74, 6) is -3.76. The second-order valence-corrected chi connectivity index (χ2v) is 5.41. The van der Waals surface area contributed by atoms with Crippen LogP contribution in [0.2, 0.25) is 0 Å². The van der Waals surface area contributed by atoms with Crippen LogP contribution in [0.1, 0.15) is 12.5 Å². The molecule has 0 fully saturated rings. The molecular formula is C18H18F3N5O3. The topological polar surface area (TPSA) is 112 Å². The van der Waals surface area contributed by atoms with E-state index < -0.39 is 35.6 Å². The Hall–Kier alpha value is -3.63. The minimum Gasteiger partial charge on any atom is -0.485 e. The minimum absolute atomic E-state index is 0.0916. The fraction of sp³-hybridized carbons (Fsp3) is 0.222. The molecule has 2 aromatic rings. The van der Waals surface area contributed by atoms with Crippen LogP contribution in [0.5, 0.6) is 5.75 Å². The third-order valence-electron chi connectivity index (χ3n) is 3.43. The number of carbonyl (C=O) groups is 1. The highest BCUT2D eigenvalue weighted by atomic mass is 19.2. The van der Waals surface area contributed by atoms with Crippen LogP contribution in [0.4, 0.5) is 19.1 Å². The molecule has 0 amide bonds. The van der Waals surface area contributed by atoms with Gasteiger partial charge in [0, 0.05) is 13.1 Å². The molecular weight excluding hydrogens is 391 g/mol. The monoisotopic (exact) mass is 409 g/mol. The summed E-state index contributed by atoms with van der Waals surface area (Å²) < 4.78 is 50.4. The van der Waals surface area contributed by atoms with Crippen molar-refractivity contribution < 1.29 is 27.4 Å². The molecule has 11 heteroatoms. The van der Waals surface area contributed by atoms with E-state index in [1.165, 1.54) is 25.5 Å². The molecule has 1 aromatic carbocycles. The van der Waals surface area contributed by atoms with Crippen molar-refractivity contribution in [1.29, 1.82) is 0 Å². The van der Waals surface area contributed by atoms with Crippen molar-refractivity contribution in [3.63, 3.8) is 0 Å². The molecule has 0 spiro atoms. The Kier molecular flexibility index (Phi) is 7.52. The van der Waals surface area contributed by atoms with E-state index in [-0.39, 0.29) is 29.8 Å². The number of carbonyl (C=O) groups excluding carboxylic acids is 1. The number of nitrogens with two attached hydrogens (primary N) is 1. The van der Waals surface area contributed by atoms with Crippen LogP contribution in [0.3, 0.4) is 0 Å². The van der Waals surface area contributed by atoms with Gasteiger partial charge in [-0.3, -0.25) is 4.99 Å². The second kappa shape index (κ2) is 10.1. The Labute approximate surface area is 164 Å². The van der Waals surface area contributed by atoms with E-state index in [4.69, 9.17) is 15.2 Å². The predicted octanol–water partition coefficient (Wildman–Crippen LogP) is 2.32. The van der Waals surface area contributed by atoms with Gasteiger partial charge >= 0.3 is 5.97 Å². The molecule has 3 N–H and O–H groups in total. The van der Waals surface area contributed by atoms with Crippen molar-refractivity contribution in [2.75, 3.05) is 19.0 Å². The number of rotatable bonds is 7. The molecule has 2 rings (SSSR count). The maximum Gasteiger partial charge on any atom is 0.354 e. The van der Waals surface area contributed by atoms with Gasteiger partial charge in [-0.1, -0.05) is 0 Å². The van der Waals surface area contributed by atoms with Gasteiger partial charge in [0.1, 0.15) is 24.0 Å². The minimum atomic E-state index is -1.32. The number of esters is 1. The van der Waals surface area contributed by atoms with E-state index >= 15 is 0 Å². The molecule has 1 heterocycles. The summed E-state index contributed by atoms with van der Waals surface area (Å²) in [6, 6.07) is 1.50. The van der Waals surface area contributed by atoms with Crippen molar-refractivity contribution in [3.05, 3.63) is 59.3 Å². The van der Waals surface area contributed by atoms with Crippen molar-refractivity contribution in [2.24, 2.45) is 10.7 Å². The molecule has 29 heavy (non-hydrogen) atoms. The molecule has 0 radical (unpaired) electrons.